The van der Waals surface area contributed by atoms with Gasteiger partial charge >= 0.3 is 0 Å². The van der Waals surface area contributed by atoms with Gasteiger partial charge in [-0.2, -0.15) is 0 Å². The van der Waals surface area contributed by atoms with Crippen LogP contribution in [0.3, 0.4) is 0 Å². The zero-order valence-corrected chi connectivity index (χ0v) is 11.6. The SMILES string of the molecule is CC1(CN)CCN(CCOc2ccccc2Cl)C1. The van der Waals surface area contributed by atoms with E-state index in [2.05, 4.69) is 11.8 Å². The van der Waals surface area contributed by atoms with Gasteiger partial charge < -0.3 is 10.5 Å². The molecule has 1 heterocycles. The minimum absolute atomic E-state index is 0.282. The van der Waals surface area contributed by atoms with Crippen LogP contribution in [0.2, 0.25) is 5.02 Å². The molecule has 0 aromatic heterocycles. The molecule has 2 rings (SSSR count). The molecule has 1 aliphatic heterocycles. The van der Waals surface area contributed by atoms with Crippen molar-refractivity contribution in [1.82, 2.24) is 4.90 Å². The van der Waals surface area contributed by atoms with E-state index >= 15 is 0 Å². The first-order chi connectivity index (χ1) is 8.63. The van der Waals surface area contributed by atoms with Crippen molar-refractivity contribution in [2.24, 2.45) is 11.1 Å². The third kappa shape index (κ3) is 3.37. The highest BCUT2D eigenvalue weighted by Gasteiger charge is 2.31. The lowest BCUT2D eigenvalue weighted by molar-refractivity contribution is 0.219. The van der Waals surface area contributed by atoms with E-state index < -0.39 is 0 Å². The summed E-state index contributed by atoms with van der Waals surface area (Å²) in [4.78, 5) is 2.41. The number of nitrogens with two attached hydrogens (primary N) is 1. The number of likely N-dealkylation sites (tertiary alicyclic amines) is 1. The summed E-state index contributed by atoms with van der Waals surface area (Å²) in [6.07, 6.45) is 1.18. The van der Waals surface area contributed by atoms with Gasteiger partial charge in [-0.25, -0.2) is 0 Å². The number of para-hydroxylation sites is 1. The third-order valence-electron chi connectivity index (χ3n) is 3.63. The van der Waals surface area contributed by atoms with Crippen LogP contribution in [0.5, 0.6) is 5.75 Å². The van der Waals surface area contributed by atoms with Crippen LogP contribution in [0.1, 0.15) is 13.3 Å². The van der Waals surface area contributed by atoms with E-state index in [1.54, 1.807) is 0 Å². The molecule has 1 aromatic carbocycles. The molecule has 2 N–H and O–H groups in total. The molecule has 1 fully saturated rings. The van der Waals surface area contributed by atoms with E-state index in [0.29, 0.717) is 11.6 Å². The van der Waals surface area contributed by atoms with Crippen molar-refractivity contribution in [3.8, 4) is 5.75 Å². The predicted octanol–water partition coefficient (Wildman–Crippen LogP) is 2.39. The number of halogens is 1. The van der Waals surface area contributed by atoms with Crippen molar-refractivity contribution in [3.63, 3.8) is 0 Å². The van der Waals surface area contributed by atoms with Gasteiger partial charge in [0.25, 0.3) is 0 Å². The Morgan fingerprint density at radius 2 is 2.22 bits per heavy atom. The zero-order chi connectivity index (χ0) is 13.0. The maximum absolute atomic E-state index is 6.03. The van der Waals surface area contributed by atoms with Gasteiger partial charge in [-0.3, -0.25) is 4.90 Å². The Kier molecular flexibility index (Phi) is 4.49. The number of rotatable bonds is 5. The topological polar surface area (TPSA) is 38.5 Å². The Morgan fingerprint density at radius 1 is 1.44 bits per heavy atom. The Labute approximate surface area is 114 Å². The van der Waals surface area contributed by atoms with Crippen molar-refractivity contribution in [2.45, 2.75) is 13.3 Å². The molecule has 3 nitrogen and oxygen atoms in total. The summed E-state index contributed by atoms with van der Waals surface area (Å²) < 4.78 is 5.70. The van der Waals surface area contributed by atoms with Crippen molar-refractivity contribution < 1.29 is 4.74 Å². The fraction of sp³-hybridized carbons (Fsp3) is 0.571. The summed E-state index contributed by atoms with van der Waals surface area (Å²) in [6.45, 7) is 6.79. The lowest BCUT2D eigenvalue weighted by atomic mass is 9.90. The smallest absolute Gasteiger partial charge is 0.137 e. The fourth-order valence-electron chi connectivity index (χ4n) is 2.33. The number of nitrogens with zero attached hydrogens (tertiary/aromatic N) is 1. The Morgan fingerprint density at radius 3 is 2.89 bits per heavy atom. The van der Waals surface area contributed by atoms with Crippen molar-refractivity contribution in [2.75, 3.05) is 32.8 Å². The molecule has 1 saturated heterocycles. The molecule has 1 unspecified atom stereocenters. The third-order valence-corrected chi connectivity index (χ3v) is 3.94. The molecule has 0 radical (unpaired) electrons. The van der Waals surface area contributed by atoms with Gasteiger partial charge in [-0.05, 0) is 37.1 Å². The molecule has 18 heavy (non-hydrogen) atoms. The van der Waals surface area contributed by atoms with Gasteiger partial charge in [0, 0.05) is 13.1 Å². The van der Waals surface area contributed by atoms with Gasteiger partial charge in [0.05, 0.1) is 5.02 Å². The molecule has 0 saturated carbocycles. The Hall–Kier alpha value is -0.770. The van der Waals surface area contributed by atoms with E-state index in [-0.39, 0.29) is 5.41 Å². The first-order valence-corrected chi connectivity index (χ1v) is 6.80. The first kappa shape index (κ1) is 13.7. The predicted molar refractivity (Wildman–Crippen MR) is 75.2 cm³/mol. The highest BCUT2D eigenvalue weighted by atomic mass is 35.5. The van der Waals surface area contributed by atoms with Crippen LogP contribution in [-0.4, -0.2) is 37.7 Å². The second-order valence-electron chi connectivity index (χ2n) is 5.32. The van der Waals surface area contributed by atoms with Crippen molar-refractivity contribution in [1.29, 1.82) is 0 Å². The van der Waals surface area contributed by atoms with Crippen LogP contribution >= 0.6 is 11.6 Å². The van der Waals surface area contributed by atoms with Gasteiger partial charge in [-0.1, -0.05) is 30.7 Å². The van der Waals surface area contributed by atoms with Crippen LogP contribution in [0, 0.1) is 5.41 Å². The number of ether oxygens (including phenoxy) is 1. The quantitative estimate of drug-likeness (QED) is 0.891. The number of hydrogen-bond donors (Lipinski definition) is 1. The van der Waals surface area contributed by atoms with Crippen LogP contribution < -0.4 is 10.5 Å². The van der Waals surface area contributed by atoms with Crippen LogP contribution in [0.15, 0.2) is 24.3 Å². The Bertz CT molecular complexity index is 399. The molecule has 0 bridgehead atoms. The zero-order valence-electron chi connectivity index (χ0n) is 10.9. The molecule has 1 atom stereocenters. The van der Waals surface area contributed by atoms with Gasteiger partial charge in [0.15, 0.2) is 0 Å². The minimum atomic E-state index is 0.282. The standard InChI is InChI=1S/C14H21ClN2O/c1-14(10-16)6-7-17(11-14)8-9-18-13-5-3-2-4-12(13)15/h2-5H,6-11,16H2,1H3. The van der Waals surface area contributed by atoms with Gasteiger partial charge in [0.2, 0.25) is 0 Å². The fourth-order valence-corrected chi connectivity index (χ4v) is 2.52. The summed E-state index contributed by atoms with van der Waals surface area (Å²) in [5.41, 5.74) is 6.08. The Balaban J connectivity index is 1.75. The lowest BCUT2D eigenvalue weighted by Crippen LogP contribution is -2.33. The molecule has 1 aromatic rings. The molecular weight excluding hydrogens is 248 g/mol. The van der Waals surface area contributed by atoms with Crippen molar-refractivity contribution >= 4 is 11.6 Å². The minimum Gasteiger partial charge on any atom is -0.491 e. The average molecular weight is 269 g/mol. The van der Waals surface area contributed by atoms with Crippen molar-refractivity contribution in [3.05, 3.63) is 29.3 Å². The highest BCUT2D eigenvalue weighted by Crippen LogP contribution is 2.28. The van der Waals surface area contributed by atoms with Crippen LogP contribution in [-0.2, 0) is 0 Å². The number of hydrogen-bond acceptors (Lipinski definition) is 3. The molecule has 4 heteroatoms. The number of benzene rings is 1. The summed E-state index contributed by atoms with van der Waals surface area (Å²) in [5, 5.41) is 0.672. The summed E-state index contributed by atoms with van der Waals surface area (Å²) >= 11 is 6.03. The molecule has 100 valence electrons. The van der Waals surface area contributed by atoms with E-state index in [9.17, 15) is 0 Å². The van der Waals surface area contributed by atoms with Crippen LogP contribution in [0.4, 0.5) is 0 Å². The summed E-state index contributed by atoms with van der Waals surface area (Å²) in [7, 11) is 0. The maximum atomic E-state index is 6.03. The first-order valence-electron chi connectivity index (χ1n) is 6.43. The monoisotopic (exact) mass is 268 g/mol. The normalized spacial score (nSPS) is 24.4. The highest BCUT2D eigenvalue weighted by molar-refractivity contribution is 6.32. The van der Waals surface area contributed by atoms with Gasteiger partial charge in [-0.15, -0.1) is 0 Å². The molecular formula is C14H21ClN2O. The van der Waals surface area contributed by atoms with E-state index in [1.807, 2.05) is 24.3 Å². The second-order valence-corrected chi connectivity index (χ2v) is 5.73. The van der Waals surface area contributed by atoms with Gasteiger partial charge in [0.1, 0.15) is 12.4 Å². The molecule has 0 amide bonds. The summed E-state index contributed by atoms with van der Waals surface area (Å²) in [5.74, 6) is 0.764. The van der Waals surface area contributed by atoms with Crippen LogP contribution in [0.25, 0.3) is 0 Å². The van der Waals surface area contributed by atoms with E-state index in [1.165, 1.54) is 6.42 Å². The average Bonchev–Trinajstić information content (AvgIpc) is 2.75. The second kappa shape index (κ2) is 5.91. The molecule has 0 aliphatic carbocycles. The summed E-state index contributed by atoms with van der Waals surface area (Å²) in [6, 6.07) is 7.58. The van der Waals surface area contributed by atoms with E-state index in [4.69, 9.17) is 22.1 Å². The van der Waals surface area contributed by atoms with E-state index in [0.717, 1.165) is 31.9 Å². The molecule has 0 spiro atoms. The maximum Gasteiger partial charge on any atom is 0.137 e. The lowest BCUT2D eigenvalue weighted by Gasteiger charge is -2.22. The largest absolute Gasteiger partial charge is 0.491 e. The molecule has 1 aliphatic rings.